The molecular weight excluding hydrogens is 323 g/mol. The second kappa shape index (κ2) is 7.57. The highest BCUT2D eigenvalue weighted by Gasteiger charge is 2.19. The third-order valence-corrected chi connectivity index (χ3v) is 4.08. The van der Waals surface area contributed by atoms with Crippen molar-refractivity contribution in [1.29, 1.82) is 0 Å². The van der Waals surface area contributed by atoms with Crippen molar-refractivity contribution in [3.63, 3.8) is 0 Å². The molecule has 0 fully saturated rings. The SMILES string of the molecule is Nc1cccc(OP(Oc2ccccc2)Oc2cccc(N)c2)c1. The molecule has 5 nitrogen and oxygen atoms in total. The highest BCUT2D eigenvalue weighted by molar-refractivity contribution is 7.43. The lowest BCUT2D eigenvalue weighted by Gasteiger charge is -2.18. The van der Waals surface area contributed by atoms with Gasteiger partial charge >= 0.3 is 8.60 Å². The monoisotopic (exact) mass is 340 g/mol. The quantitative estimate of drug-likeness (QED) is 0.506. The van der Waals surface area contributed by atoms with E-state index in [4.69, 9.17) is 25.0 Å². The average molecular weight is 340 g/mol. The van der Waals surface area contributed by atoms with Crippen molar-refractivity contribution >= 4 is 20.0 Å². The van der Waals surface area contributed by atoms with Crippen molar-refractivity contribution in [2.75, 3.05) is 11.5 Å². The second-order valence-electron chi connectivity index (χ2n) is 4.96. The Kier molecular flexibility index (Phi) is 5.04. The summed E-state index contributed by atoms with van der Waals surface area (Å²) in [6.45, 7) is 0. The van der Waals surface area contributed by atoms with E-state index in [0.717, 1.165) is 0 Å². The predicted molar refractivity (Wildman–Crippen MR) is 97.0 cm³/mol. The number of nitrogens with two attached hydrogens (primary N) is 2. The Morgan fingerprint density at radius 3 is 1.50 bits per heavy atom. The van der Waals surface area contributed by atoms with E-state index in [1.807, 2.05) is 30.3 Å². The number of nitrogen functional groups attached to an aromatic ring is 2. The Balaban J connectivity index is 1.80. The molecule has 0 aliphatic rings. The predicted octanol–water partition coefficient (Wildman–Crippen LogP) is 4.61. The normalized spacial score (nSPS) is 10.4. The van der Waals surface area contributed by atoms with Gasteiger partial charge in [-0.05, 0) is 36.4 Å². The van der Waals surface area contributed by atoms with Gasteiger partial charge in [0.2, 0.25) is 0 Å². The molecule has 0 saturated carbocycles. The molecule has 122 valence electrons. The summed E-state index contributed by atoms with van der Waals surface area (Å²) >= 11 is 0. The van der Waals surface area contributed by atoms with Gasteiger partial charge in [-0.1, -0.05) is 30.3 Å². The zero-order valence-electron chi connectivity index (χ0n) is 12.8. The van der Waals surface area contributed by atoms with Gasteiger partial charge in [0.1, 0.15) is 17.2 Å². The van der Waals surface area contributed by atoms with E-state index >= 15 is 0 Å². The Morgan fingerprint density at radius 2 is 1.00 bits per heavy atom. The molecule has 0 saturated heterocycles. The van der Waals surface area contributed by atoms with Gasteiger partial charge in [0.05, 0.1) is 0 Å². The molecule has 0 aliphatic carbocycles. The molecule has 4 N–H and O–H groups in total. The first-order valence-corrected chi connectivity index (χ1v) is 8.39. The fourth-order valence-electron chi connectivity index (χ4n) is 1.94. The first kappa shape index (κ1) is 16.0. The number of para-hydroxylation sites is 1. The van der Waals surface area contributed by atoms with E-state index in [0.29, 0.717) is 28.6 Å². The van der Waals surface area contributed by atoms with Crippen LogP contribution in [0.2, 0.25) is 0 Å². The lowest BCUT2D eigenvalue weighted by molar-refractivity contribution is 0.388. The summed E-state index contributed by atoms with van der Waals surface area (Å²) in [5.41, 5.74) is 12.8. The van der Waals surface area contributed by atoms with Crippen LogP contribution >= 0.6 is 8.60 Å². The molecule has 0 heterocycles. The Morgan fingerprint density at radius 1 is 0.542 bits per heavy atom. The zero-order chi connectivity index (χ0) is 16.8. The molecule has 0 unspecified atom stereocenters. The van der Waals surface area contributed by atoms with E-state index in [2.05, 4.69) is 0 Å². The molecule has 3 rings (SSSR count). The first-order valence-electron chi connectivity index (χ1n) is 7.29. The maximum atomic E-state index is 5.84. The summed E-state index contributed by atoms with van der Waals surface area (Å²) in [4.78, 5) is 0. The van der Waals surface area contributed by atoms with Crippen LogP contribution < -0.4 is 25.0 Å². The standard InChI is InChI=1S/C18H17N2O3P/c19-14-6-4-10-17(12-14)22-24(21-16-8-2-1-3-9-16)23-18-11-5-7-15(20)13-18/h1-13H,19-20H2. The third kappa shape index (κ3) is 4.54. The molecule has 0 spiro atoms. The number of anilines is 2. The minimum Gasteiger partial charge on any atom is -0.409 e. The van der Waals surface area contributed by atoms with Gasteiger partial charge in [0.25, 0.3) is 0 Å². The van der Waals surface area contributed by atoms with E-state index in [9.17, 15) is 0 Å². The van der Waals surface area contributed by atoms with Crippen molar-refractivity contribution in [3.8, 4) is 17.2 Å². The van der Waals surface area contributed by atoms with Gasteiger partial charge in [-0.25, -0.2) is 0 Å². The van der Waals surface area contributed by atoms with Crippen molar-refractivity contribution in [2.24, 2.45) is 0 Å². The molecule has 0 aromatic heterocycles. The molecule has 24 heavy (non-hydrogen) atoms. The largest absolute Gasteiger partial charge is 0.530 e. The third-order valence-electron chi connectivity index (χ3n) is 3.00. The van der Waals surface area contributed by atoms with Crippen LogP contribution in [0.4, 0.5) is 11.4 Å². The molecule has 0 radical (unpaired) electrons. The van der Waals surface area contributed by atoms with Gasteiger partial charge in [-0.2, -0.15) is 0 Å². The maximum absolute atomic E-state index is 5.84. The summed E-state index contributed by atoms with van der Waals surface area (Å²) < 4.78 is 17.5. The van der Waals surface area contributed by atoms with E-state index in [-0.39, 0.29) is 0 Å². The highest BCUT2D eigenvalue weighted by atomic mass is 31.2. The van der Waals surface area contributed by atoms with Crippen molar-refractivity contribution in [1.82, 2.24) is 0 Å². The van der Waals surface area contributed by atoms with E-state index in [1.165, 1.54) is 0 Å². The van der Waals surface area contributed by atoms with E-state index < -0.39 is 8.60 Å². The number of hydrogen-bond acceptors (Lipinski definition) is 5. The topological polar surface area (TPSA) is 79.7 Å². The van der Waals surface area contributed by atoms with Crippen molar-refractivity contribution in [2.45, 2.75) is 0 Å². The summed E-state index contributed by atoms with van der Waals surface area (Å²) in [5.74, 6) is 1.79. The lowest BCUT2D eigenvalue weighted by Crippen LogP contribution is -2.02. The second-order valence-corrected chi connectivity index (χ2v) is 5.95. The summed E-state index contributed by atoms with van der Waals surface area (Å²) in [5, 5.41) is 0. The van der Waals surface area contributed by atoms with Crippen LogP contribution in [0.1, 0.15) is 0 Å². The van der Waals surface area contributed by atoms with Crippen molar-refractivity contribution in [3.05, 3.63) is 78.9 Å². The van der Waals surface area contributed by atoms with Crippen LogP contribution in [0.5, 0.6) is 17.2 Å². The molecule has 0 amide bonds. The van der Waals surface area contributed by atoms with Gasteiger partial charge in [-0.3, -0.25) is 0 Å². The van der Waals surface area contributed by atoms with Crippen LogP contribution in [-0.2, 0) is 0 Å². The maximum Gasteiger partial charge on any atom is 0.530 e. The highest BCUT2D eigenvalue weighted by Crippen LogP contribution is 2.42. The summed E-state index contributed by atoms with van der Waals surface area (Å²) in [7, 11) is -1.73. The van der Waals surface area contributed by atoms with Crippen LogP contribution in [0, 0.1) is 0 Å². The smallest absolute Gasteiger partial charge is 0.409 e. The molecule has 3 aromatic rings. The Labute approximate surface area is 141 Å². The van der Waals surface area contributed by atoms with Gasteiger partial charge < -0.3 is 25.0 Å². The van der Waals surface area contributed by atoms with E-state index in [1.54, 1.807) is 48.5 Å². The van der Waals surface area contributed by atoms with Crippen LogP contribution in [0.15, 0.2) is 78.9 Å². The van der Waals surface area contributed by atoms with Crippen LogP contribution in [0.3, 0.4) is 0 Å². The first-order chi connectivity index (χ1) is 11.7. The molecule has 0 bridgehead atoms. The van der Waals surface area contributed by atoms with Crippen LogP contribution in [-0.4, -0.2) is 0 Å². The molecule has 3 aromatic carbocycles. The van der Waals surface area contributed by atoms with Gasteiger partial charge in [0.15, 0.2) is 0 Å². The van der Waals surface area contributed by atoms with Crippen LogP contribution in [0.25, 0.3) is 0 Å². The molecular formula is C18H17N2O3P. The number of rotatable bonds is 6. The fraction of sp³-hybridized carbons (Fsp3) is 0. The molecule has 0 aliphatic heterocycles. The average Bonchev–Trinajstić information content (AvgIpc) is 2.56. The van der Waals surface area contributed by atoms with Gasteiger partial charge in [0, 0.05) is 23.5 Å². The Hall–Kier alpha value is -2.91. The summed E-state index contributed by atoms with van der Waals surface area (Å²) in [6, 6.07) is 23.5. The Bertz CT molecular complexity index is 752. The van der Waals surface area contributed by atoms with Gasteiger partial charge in [-0.15, -0.1) is 0 Å². The fourth-order valence-corrected chi connectivity index (χ4v) is 2.92. The number of hydrogen-bond donors (Lipinski definition) is 2. The number of benzene rings is 3. The van der Waals surface area contributed by atoms with Crippen molar-refractivity contribution < 1.29 is 13.6 Å². The lowest BCUT2D eigenvalue weighted by atomic mass is 10.3. The minimum absolute atomic E-state index is 0.570. The zero-order valence-corrected chi connectivity index (χ0v) is 13.7. The molecule has 6 heteroatoms. The minimum atomic E-state index is -1.73. The summed E-state index contributed by atoms with van der Waals surface area (Å²) in [6.07, 6.45) is 0. The molecule has 0 atom stereocenters.